The Morgan fingerprint density at radius 1 is 1.47 bits per heavy atom. The van der Waals surface area contributed by atoms with E-state index in [2.05, 4.69) is 4.72 Å². The van der Waals surface area contributed by atoms with E-state index in [-0.39, 0.29) is 23.1 Å². The molecular formula is C12H15ClN2O3S. The lowest BCUT2D eigenvalue weighted by atomic mass is 9.96. The van der Waals surface area contributed by atoms with E-state index in [1.807, 2.05) is 6.07 Å². The van der Waals surface area contributed by atoms with Gasteiger partial charge in [0.05, 0.1) is 16.7 Å². The Hall–Kier alpha value is -1.13. The van der Waals surface area contributed by atoms with Gasteiger partial charge in [-0.25, -0.2) is 13.1 Å². The summed E-state index contributed by atoms with van der Waals surface area (Å²) in [5.41, 5.74) is -0.272. The number of nitrogens with one attached hydrogen (secondary N) is 1. The predicted molar refractivity (Wildman–Crippen MR) is 72.2 cm³/mol. The molecule has 0 aliphatic rings. The maximum absolute atomic E-state index is 12.1. The van der Waals surface area contributed by atoms with Crippen LogP contribution in [0.3, 0.4) is 0 Å². The second-order valence-corrected chi connectivity index (χ2v) is 7.05. The van der Waals surface area contributed by atoms with E-state index in [9.17, 15) is 8.42 Å². The van der Waals surface area contributed by atoms with Gasteiger partial charge in [-0.3, -0.25) is 0 Å². The number of nitrogens with zero attached hydrogens (tertiary/aromatic N) is 1. The number of aliphatic hydroxyl groups excluding tert-OH is 1. The molecule has 0 unspecified atom stereocenters. The lowest BCUT2D eigenvalue weighted by Gasteiger charge is -2.21. The fourth-order valence-corrected chi connectivity index (χ4v) is 3.00. The van der Waals surface area contributed by atoms with Crippen molar-refractivity contribution in [3.05, 3.63) is 28.8 Å². The van der Waals surface area contributed by atoms with Crippen LogP contribution >= 0.6 is 11.6 Å². The van der Waals surface area contributed by atoms with Gasteiger partial charge in [-0.15, -0.1) is 0 Å². The molecule has 0 saturated carbocycles. The van der Waals surface area contributed by atoms with E-state index >= 15 is 0 Å². The summed E-state index contributed by atoms with van der Waals surface area (Å²) in [5.74, 6) is 0. The topological polar surface area (TPSA) is 90.2 Å². The molecule has 0 spiro atoms. The van der Waals surface area contributed by atoms with Crippen molar-refractivity contribution in [2.45, 2.75) is 18.7 Å². The van der Waals surface area contributed by atoms with E-state index in [0.29, 0.717) is 5.56 Å². The van der Waals surface area contributed by atoms with Crippen molar-refractivity contribution in [2.75, 3.05) is 13.2 Å². The van der Waals surface area contributed by atoms with Gasteiger partial charge in [0.15, 0.2) is 0 Å². The van der Waals surface area contributed by atoms with Crippen LogP contribution in [0.5, 0.6) is 0 Å². The molecule has 0 aliphatic carbocycles. The van der Waals surface area contributed by atoms with Crippen LogP contribution in [0.25, 0.3) is 0 Å². The van der Waals surface area contributed by atoms with Crippen molar-refractivity contribution >= 4 is 21.6 Å². The highest BCUT2D eigenvalue weighted by atomic mass is 35.5. The SMILES string of the molecule is CC(C)(CO)CNS(=O)(=O)c1ccc(C#N)cc1Cl. The summed E-state index contributed by atoms with van der Waals surface area (Å²) >= 11 is 5.86. The molecule has 5 nitrogen and oxygen atoms in total. The quantitative estimate of drug-likeness (QED) is 0.862. The molecule has 0 atom stereocenters. The Bertz CT molecular complexity index is 606. The number of halogens is 1. The second kappa shape index (κ2) is 5.88. The molecule has 7 heteroatoms. The van der Waals surface area contributed by atoms with Crippen LogP contribution in [0.4, 0.5) is 0 Å². The minimum atomic E-state index is -3.76. The van der Waals surface area contributed by atoms with Crippen LogP contribution in [-0.2, 0) is 10.0 Å². The zero-order valence-corrected chi connectivity index (χ0v) is 12.2. The van der Waals surface area contributed by atoms with Gasteiger partial charge in [0.25, 0.3) is 0 Å². The molecule has 19 heavy (non-hydrogen) atoms. The average Bonchev–Trinajstić information content (AvgIpc) is 2.36. The van der Waals surface area contributed by atoms with Crippen molar-refractivity contribution in [3.8, 4) is 6.07 Å². The van der Waals surface area contributed by atoms with Gasteiger partial charge >= 0.3 is 0 Å². The Balaban J connectivity index is 2.99. The molecule has 2 N–H and O–H groups in total. The van der Waals surface area contributed by atoms with Crippen LogP contribution in [0.1, 0.15) is 19.4 Å². The van der Waals surface area contributed by atoms with Crippen molar-refractivity contribution in [1.82, 2.24) is 4.72 Å². The number of benzene rings is 1. The van der Waals surface area contributed by atoms with Gasteiger partial charge in [-0.05, 0) is 18.2 Å². The third-order valence-corrected chi connectivity index (χ3v) is 4.40. The maximum Gasteiger partial charge on any atom is 0.242 e. The summed E-state index contributed by atoms with van der Waals surface area (Å²) in [7, 11) is -3.76. The highest BCUT2D eigenvalue weighted by molar-refractivity contribution is 7.89. The monoisotopic (exact) mass is 302 g/mol. The smallest absolute Gasteiger partial charge is 0.242 e. The summed E-state index contributed by atoms with van der Waals surface area (Å²) < 4.78 is 26.5. The lowest BCUT2D eigenvalue weighted by molar-refractivity contribution is 0.163. The van der Waals surface area contributed by atoms with Gasteiger partial charge in [0.1, 0.15) is 4.90 Å². The Morgan fingerprint density at radius 3 is 2.58 bits per heavy atom. The summed E-state index contributed by atoms with van der Waals surface area (Å²) in [5, 5.41) is 17.8. The largest absolute Gasteiger partial charge is 0.396 e. The highest BCUT2D eigenvalue weighted by Crippen LogP contribution is 2.23. The van der Waals surface area contributed by atoms with Gasteiger partial charge < -0.3 is 5.11 Å². The maximum atomic E-state index is 12.1. The van der Waals surface area contributed by atoms with Crippen molar-refractivity contribution in [1.29, 1.82) is 5.26 Å². The summed E-state index contributed by atoms with van der Waals surface area (Å²) in [6.45, 7) is 3.41. The molecular weight excluding hydrogens is 288 g/mol. The molecule has 0 amide bonds. The van der Waals surface area contributed by atoms with E-state index in [1.54, 1.807) is 13.8 Å². The zero-order valence-electron chi connectivity index (χ0n) is 10.6. The van der Waals surface area contributed by atoms with Crippen LogP contribution < -0.4 is 4.72 Å². The molecule has 0 aliphatic heterocycles. The Labute approximate surface area is 117 Å². The van der Waals surface area contributed by atoms with Gasteiger partial charge in [0, 0.05) is 18.6 Å². The van der Waals surface area contributed by atoms with Crippen molar-refractivity contribution in [3.63, 3.8) is 0 Å². The van der Waals surface area contributed by atoms with Crippen LogP contribution in [0, 0.1) is 16.7 Å². The fraction of sp³-hybridized carbons (Fsp3) is 0.417. The number of aliphatic hydroxyl groups is 1. The summed E-state index contributed by atoms with van der Waals surface area (Å²) in [6.07, 6.45) is 0. The number of hydrogen-bond donors (Lipinski definition) is 2. The molecule has 1 aromatic carbocycles. The third kappa shape index (κ3) is 4.18. The molecule has 0 heterocycles. The molecule has 0 saturated heterocycles. The first-order valence-electron chi connectivity index (χ1n) is 5.52. The number of sulfonamides is 1. The van der Waals surface area contributed by atoms with Gasteiger partial charge in [-0.1, -0.05) is 25.4 Å². The van der Waals surface area contributed by atoms with E-state index < -0.39 is 15.4 Å². The Morgan fingerprint density at radius 2 is 2.11 bits per heavy atom. The first-order valence-corrected chi connectivity index (χ1v) is 7.38. The first kappa shape index (κ1) is 15.9. The molecule has 104 valence electrons. The highest BCUT2D eigenvalue weighted by Gasteiger charge is 2.23. The molecule has 1 rings (SSSR count). The Kier molecular flexibility index (Phi) is 4.93. The number of hydrogen-bond acceptors (Lipinski definition) is 4. The van der Waals surface area contributed by atoms with Crippen LogP contribution in [0.2, 0.25) is 5.02 Å². The molecule has 0 fully saturated rings. The minimum Gasteiger partial charge on any atom is -0.396 e. The molecule has 0 aromatic heterocycles. The van der Waals surface area contributed by atoms with Crippen LogP contribution in [-0.4, -0.2) is 26.7 Å². The van der Waals surface area contributed by atoms with Crippen LogP contribution in [0.15, 0.2) is 23.1 Å². The summed E-state index contributed by atoms with van der Waals surface area (Å²) in [6, 6.07) is 5.85. The van der Waals surface area contributed by atoms with Crippen molar-refractivity contribution < 1.29 is 13.5 Å². The standard InChI is InChI=1S/C12H15ClN2O3S/c1-12(2,8-16)7-15-19(17,18)11-4-3-9(6-14)5-10(11)13/h3-5,15-16H,7-8H2,1-2H3. The van der Waals surface area contributed by atoms with Gasteiger partial charge in [0.2, 0.25) is 10.0 Å². The molecule has 1 aromatic rings. The second-order valence-electron chi connectivity index (χ2n) is 4.90. The van der Waals surface area contributed by atoms with Crippen molar-refractivity contribution in [2.24, 2.45) is 5.41 Å². The third-order valence-electron chi connectivity index (χ3n) is 2.52. The number of rotatable bonds is 5. The minimum absolute atomic E-state index is 0.00615. The fourth-order valence-electron chi connectivity index (χ4n) is 1.21. The molecule has 0 radical (unpaired) electrons. The molecule has 0 bridgehead atoms. The number of nitriles is 1. The zero-order chi connectivity index (χ0) is 14.7. The van der Waals surface area contributed by atoms with E-state index in [0.717, 1.165) is 0 Å². The van der Waals surface area contributed by atoms with Gasteiger partial charge in [-0.2, -0.15) is 5.26 Å². The van der Waals surface area contributed by atoms with E-state index in [1.165, 1.54) is 18.2 Å². The average molecular weight is 303 g/mol. The predicted octanol–water partition coefficient (Wildman–Crippen LogP) is 1.51. The lowest BCUT2D eigenvalue weighted by Crippen LogP contribution is -2.36. The summed E-state index contributed by atoms with van der Waals surface area (Å²) in [4.78, 5) is -0.0816. The first-order chi connectivity index (χ1) is 8.72. The van der Waals surface area contributed by atoms with E-state index in [4.69, 9.17) is 22.0 Å². The normalized spacial score (nSPS) is 12.2.